The van der Waals surface area contributed by atoms with Crippen molar-refractivity contribution in [3.8, 4) is 23.0 Å². The third kappa shape index (κ3) is 2.67. The van der Waals surface area contributed by atoms with Crippen molar-refractivity contribution in [2.24, 2.45) is 0 Å². The normalized spacial score (nSPS) is 18.4. The first kappa shape index (κ1) is 17.0. The highest BCUT2D eigenvalue weighted by molar-refractivity contribution is 5.52. The van der Waals surface area contributed by atoms with E-state index in [1.165, 1.54) is 22.3 Å². The van der Waals surface area contributed by atoms with Gasteiger partial charge < -0.3 is 18.9 Å². The molecule has 0 aliphatic carbocycles. The predicted molar refractivity (Wildman–Crippen MR) is 99.7 cm³/mol. The van der Waals surface area contributed by atoms with Gasteiger partial charge in [0.05, 0.1) is 28.4 Å². The monoisotopic (exact) mass is 355 g/mol. The number of hydrogen-bond acceptors (Lipinski definition) is 5. The van der Waals surface area contributed by atoms with Crippen molar-refractivity contribution in [1.29, 1.82) is 0 Å². The van der Waals surface area contributed by atoms with Crippen molar-refractivity contribution >= 4 is 0 Å². The van der Waals surface area contributed by atoms with Gasteiger partial charge in [-0.05, 0) is 59.4 Å². The lowest BCUT2D eigenvalue weighted by molar-refractivity contribution is 0.160. The molecule has 0 amide bonds. The number of rotatable bonds is 4. The van der Waals surface area contributed by atoms with E-state index in [1.807, 2.05) is 0 Å². The standard InChI is InChI=1S/C21H25NO4/c1-23-18-8-13-5-6-22-12-15-10-20(25-3)19(24-2)9-14(15)7-17(22)16(13)11-21(18)26-4/h8-11,17H,5-7,12H2,1-4H3/t17-/m1/s1. The van der Waals surface area contributed by atoms with Crippen molar-refractivity contribution in [2.75, 3.05) is 35.0 Å². The predicted octanol–water partition coefficient (Wildman–Crippen LogP) is 3.38. The van der Waals surface area contributed by atoms with Crippen LogP contribution in [0.15, 0.2) is 24.3 Å². The number of ether oxygens (including phenoxy) is 4. The zero-order valence-corrected chi connectivity index (χ0v) is 15.8. The SMILES string of the molecule is COc1cc2c(cc1OC)CN1CCc3cc(OC)c(OC)cc3[C@H]1C2. The Kier molecular flexibility index (Phi) is 4.41. The summed E-state index contributed by atoms with van der Waals surface area (Å²) in [5.74, 6) is 3.20. The fraction of sp³-hybridized carbons (Fsp3) is 0.429. The Labute approximate surface area is 154 Å². The summed E-state index contributed by atoms with van der Waals surface area (Å²) in [6, 6.07) is 8.88. The molecule has 5 heteroatoms. The lowest BCUT2D eigenvalue weighted by atomic mass is 9.83. The van der Waals surface area contributed by atoms with Gasteiger partial charge >= 0.3 is 0 Å². The Morgan fingerprint density at radius 2 is 1.27 bits per heavy atom. The van der Waals surface area contributed by atoms with E-state index in [-0.39, 0.29) is 0 Å². The number of methoxy groups -OCH3 is 4. The van der Waals surface area contributed by atoms with Gasteiger partial charge in [0.25, 0.3) is 0 Å². The molecule has 0 saturated heterocycles. The second-order valence-corrected chi connectivity index (χ2v) is 6.82. The third-order valence-electron chi connectivity index (χ3n) is 5.61. The summed E-state index contributed by atoms with van der Waals surface area (Å²) in [4.78, 5) is 2.54. The van der Waals surface area contributed by atoms with Crippen molar-refractivity contribution in [1.82, 2.24) is 4.90 Å². The molecule has 0 radical (unpaired) electrons. The van der Waals surface area contributed by atoms with Gasteiger partial charge in [-0.3, -0.25) is 4.90 Å². The van der Waals surface area contributed by atoms with Gasteiger partial charge in [-0.2, -0.15) is 0 Å². The molecule has 4 rings (SSSR count). The maximum Gasteiger partial charge on any atom is 0.161 e. The summed E-state index contributed by atoms with van der Waals surface area (Å²) in [7, 11) is 6.76. The zero-order chi connectivity index (χ0) is 18.3. The van der Waals surface area contributed by atoms with E-state index in [0.29, 0.717) is 6.04 Å². The summed E-state index contributed by atoms with van der Waals surface area (Å²) in [5.41, 5.74) is 5.34. The number of hydrogen-bond donors (Lipinski definition) is 0. The second-order valence-electron chi connectivity index (χ2n) is 6.82. The molecule has 0 unspecified atom stereocenters. The first-order valence-corrected chi connectivity index (χ1v) is 8.91. The molecule has 2 aromatic rings. The van der Waals surface area contributed by atoms with Gasteiger partial charge in [-0.1, -0.05) is 0 Å². The van der Waals surface area contributed by atoms with Crippen LogP contribution >= 0.6 is 0 Å². The van der Waals surface area contributed by atoms with Gasteiger partial charge in [-0.25, -0.2) is 0 Å². The molecule has 26 heavy (non-hydrogen) atoms. The quantitative estimate of drug-likeness (QED) is 0.841. The number of nitrogens with zero attached hydrogens (tertiary/aromatic N) is 1. The van der Waals surface area contributed by atoms with E-state index in [9.17, 15) is 0 Å². The Balaban J connectivity index is 1.75. The van der Waals surface area contributed by atoms with Crippen molar-refractivity contribution in [2.45, 2.75) is 25.4 Å². The molecule has 0 fully saturated rings. The molecule has 5 nitrogen and oxygen atoms in total. The lowest BCUT2D eigenvalue weighted by Crippen LogP contribution is -2.39. The van der Waals surface area contributed by atoms with Gasteiger partial charge in [-0.15, -0.1) is 0 Å². The molecular weight excluding hydrogens is 330 g/mol. The molecule has 2 aromatic carbocycles. The molecule has 0 bridgehead atoms. The van der Waals surface area contributed by atoms with Crippen LogP contribution in [-0.4, -0.2) is 39.9 Å². The fourth-order valence-electron chi connectivity index (χ4n) is 4.24. The lowest BCUT2D eigenvalue weighted by Gasteiger charge is -2.41. The first-order chi connectivity index (χ1) is 12.7. The summed E-state index contributed by atoms with van der Waals surface area (Å²) < 4.78 is 22.0. The van der Waals surface area contributed by atoms with Crippen LogP contribution in [0.4, 0.5) is 0 Å². The summed E-state index contributed by atoms with van der Waals surface area (Å²) in [6.45, 7) is 1.97. The summed E-state index contributed by atoms with van der Waals surface area (Å²) in [5, 5.41) is 0. The van der Waals surface area contributed by atoms with E-state index < -0.39 is 0 Å². The molecular formula is C21H25NO4. The summed E-state index contributed by atoms with van der Waals surface area (Å²) in [6.07, 6.45) is 1.98. The molecule has 138 valence electrons. The Bertz CT molecular complexity index is 833. The highest BCUT2D eigenvalue weighted by Gasteiger charge is 2.33. The maximum atomic E-state index is 5.54. The summed E-state index contributed by atoms with van der Waals surface area (Å²) >= 11 is 0. The maximum absolute atomic E-state index is 5.54. The van der Waals surface area contributed by atoms with Gasteiger partial charge in [0.15, 0.2) is 23.0 Å². The Hall–Kier alpha value is -2.40. The molecule has 2 aliphatic rings. The van der Waals surface area contributed by atoms with Crippen molar-refractivity contribution in [3.05, 3.63) is 46.5 Å². The topological polar surface area (TPSA) is 40.2 Å². The van der Waals surface area contributed by atoms with Crippen molar-refractivity contribution < 1.29 is 18.9 Å². The molecule has 0 saturated carbocycles. The zero-order valence-electron chi connectivity index (χ0n) is 15.8. The number of fused-ring (bicyclic) bond motifs is 4. The molecule has 1 atom stereocenters. The molecule has 0 spiro atoms. The molecule has 0 aromatic heterocycles. The van der Waals surface area contributed by atoms with E-state index in [1.54, 1.807) is 28.4 Å². The van der Waals surface area contributed by atoms with Crippen LogP contribution in [0.2, 0.25) is 0 Å². The van der Waals surface area contributed by atoms with Crippen LogP contribution in [-0.2, 0) is 19.4 Å². The van der Waals surface area contributed by atoms with Crippen molar-refractivity contribution in [3.63, 3.8) is 0 Å². The Morgan fingerprint density at radius 3 is 1.88 bits per heavy atom. The van der Waals surface area contributed by atoms with E-state index >= 15 is 0 Å². The van der Waals surface area contributed by atoms with Gasteiger partial charge in [0.1, 0.15) is 0 Å². The second kappa shape index (κ2) is 6.72. The minimum absolute atomic E-state index is 0.351. The molecule has 2 aliphatic heterocycles. The van der Waals surface area contributed by atoms with Crippen LogP contribution in [0.3, 0.4) is 0 Å². The van der Waals surface area contributed by atoms with E-state index in [0.717, 1.165) is 48.9 Å². The smallest absolute Gasteiger partial charge is 0.161 e. The van der Waals surface area contributed by atoms with Crippen LogP contribution in [0, 0.1) is 0 Å². The van der Waals surface area contributed by atoms with E-state index in [2.05, 4.69) is 29.2 Å². The van der Waals surface area contributed by atoms with Gasteiger partial charge in [0.2, 0.25) is 0 Å². The minimum atomic E-state index is 0.351. The van der Waals surface area contributed by atoms with E-state index in [4.69, 9.17) is 18.9 Å². The van der Waals surface area contributed by atoms with Crippen LogP contribution in [0.25, 0.3) is 0 Å². The minimum Gasteiger partial charge on any atom is -0.493 e. The Morgan fingerprint density at radius 1 is 0.731 bits per heavy atom. The molecule has 0 N–H and O–H groups in total. The average molecular weight is 355 g/mol. The van der Waals surface area contributed by atoms with Crippen LogP contribution in [0.1, 0.15) is 28.3 Å². The van der Waals surface area contributed by atoms with Crippen LogP contribution < -0.4 is 18.9 Å². The third-order valence-corrected chi connectivity index (χ3v) is 5.61. The van der Waals surface area contributed by atoms with Crippen LogP contribution in [0.5, 0.6) is 23.0 Å². The molecule has 2 heterocycles. The fourth-order valence-corrected chi connectivity index (χ4v) is 4.24. The number of benzene rings is 2. The highest BCUT2D eigenvalue weighted by atomic mass is 16.5. The first-order valence-electron chi connectivity index (χ1n) is 8.91. The largest absolute Gasteiger partial charge is 0.493 e. The van der Waals surface area contributed by atoms with Gasteiger partial charge in [0, 0.05) is 19.1 Å². The highest BCUT2D eigenvalue weighted by Crippen LogP contribution is 2.44. The average Bonchev–Trinajstić information content (AvgIpc) is 2.69.